The molecule has 1 aromatic rings. The molecule has 0 saturated carbocycles. The molecule has 1 aromatic heterocycles. The van der Waals surface area contributed by atoms with Gasteiger partial charge in [-0.2, -0.15) is 15.0 Å². The van der Waals surface area contributed by atoms with E-state index in [0.717, 1.165) is 26.1 Å². The van der Waals surface area contributed by atoms with Crippen molar-refractivity contribution in [3.8, 4) is 0 Å². The molecule has 1 aliphatic heterocycles. The summed E-state index contributed by atoms with van der Waals surface area (Å²) < 4.78 is 0. The van der Waals surface area contributed by atoms with Gasteiger partial charge in [0.2, 0.25) is 17.2 Å². The molecule has 2 heterocycles. The lowest BCUT2D eigenvalue weighted by Gasteiger charge is -2.34. The molecule has 2 unspecified atom stereocenters. The Labute approximate surface area is 111 Å². The zero-order chi connectivity index (χ0) is 13.1. The maximum atomic E-state index is 9.72. The summed E-state index contributed by atoms with van der Waals surface area (Å²) in [5.74, 6) is 1.27. The summed E-state index contributed by atoms with van der Waals surface area (Å²) in [6.45, 7) is 6.18. The standard InChI is InChI=1S/C11H18ClN5O/c1-3-13-10-14-9(12)15-11(16-10)17-5-4-8(18)7(2)6-17/h7-8,18H,3-6H2,1-2H3,(H,13,14,15,16). The summed E-state index contributed by atoms with van der Waals surface area (Å²) in [4.78, 5) is 14.5. The molecular formula is C11H18ClN5O. The number of nitrogens with one attached hydrogen (secondary N) is 1. The molecule has 0 radical (unpaired) electrons. The predicted molar refractivity (Wildman–Crippen MR) is 71.0 cm³/mol. The van der Waals surface area contributed by atoms with E-state index in [4.69, 9.17) is 11.6 Å². The van der Waals surface area contributed by atoms with Crippen molar-refractivity contribution in [2.24, 2.45) is 5.92 Å². The molecule has 1 fully saturated rings. The lowest BCUT2D eigenvalue weighted by Crippen LogP contribution is -2.42. The van der Waals surface area contributed by atoms with Crippen molar-refractivity contribution < 1.29 is 5.11 Å². The SMILES string of the molecule is CCNc1nc(Cl)nc(N2CCC(O)C(C)C2)n1. The van der Waals surface area contributed by atoms with Crippen molar-refractivity contribution in [2.75, 3.05) is 29.9 Å². The van der Waals surface area contributed by atoms with Crippen LogP contribution in [0.4, 0.5) is 11.9 Å². The molecule has 2 rings (SSSR count). The van der Waals surface area contributed by atoms with E-state index in [1.807, 2.05) is 18.7 Å². The van der Waals surface area contributed by atoms with Gasteiger partial charge in [-0.25, -0.2) is 0 Å². The van der Waals surface area contributed by atoms with Gasteiger partial charge in [0.25, 0.3) is 0 Å². The second-order valence-corrected chi connectivity index (χ2v) is 4.88. The first-order valence-electron chi connectivity index (χ1n) is 6.18. The van der Waals surface area contributed by atoms with Gasteiger partial charge in [-0.3, -0.25) is 0 Å². The lowest BCUT2D eigenvalue weighted by atomic mass is 9.97. The molecular weight excluding hydrogens is 254 g/mol. The van der Waals surface area contributed by atoms with Gasteiger partial charge < -0.3 is 15.3 Å². The molecule has 2 atom stereocenters. The van der Waals surface area contributed by atoms with Gasteiger partial charge in [-0.05, 0) is 30.9 Å². The molecule has 7 heteroatoms. The van der Waals surface area contributed by atoms with E-state index < -0.39 is 0 Å². The van der Waals surface area contributed by atoms with Crippen molar-refractivity contribution in [3.05, 3.63) is 5.28 Å². The Balaban J connectivity index is 2.17. The van der Waals surface area contributed by atoms with Gasteiger partial charge in [0.1, 0.15) is 0 Å². The van der Waals surface area contributed by atoms with E-state index in [9.17, 15) is 5.11 Å². The van der Waals surface area contributed by atoms with Gasteiger partial charge >= 0.3 is 0 Å². The fraction of sp³-hybridized carbons (Fsp3) is 0.727. The summed E-state index contributed by atoms with van der Waals surface area (Å²) in [5.41, 5.74) is 0. The monoisotopic (exact) mass is 271 g/mol. The quantitative estimate of drug-likeness (QED) is 0.860. The maximum absolute atomic E-state index is 9.72. The molecule has 0 bridgehead atoms. The Morgan fingerprint density at radius 1 is 1.44 bits per heavy atom. The number of nitrogens with zero attached hydrogens (tertiary/aromatic N) is 4. The first-order valence-corrected chi connectivity index (χ1v) is 6.56. The van der Waals surface area contributed by atoms with Crippen LogP contribution in [0.2, 0.25) is 5.28 Å². The summed E-state index contributed by atoms with van der Waals surface area (Å²) in [6.07, 6.45) is 0.480. The number of rotatable bonds is 3. The van der Waals surface area contributed by atoms with Crippen LogP contribution in [0.15, 0.2) is 0 Å². The fourth-order valence-corrected chi connectivity index (χ4v) is 2.19. The Morgan fingerprint density at radius 3 is 2.89 bits per heavy atom. The highest BCUT2D eigenvalue weighted by atomic mass is 35.5. The lowest BCUT2D eigenvalue weighted by molar-refractivity contribution is 0.0966. The largest absolute Gasteiger partial charge is 0.393 e. The van der Waals surface area contributed by atoms with Crippen LogP contribution >= 0.6 is 11.6 Å². The number of aliphatic hydroxyl groups excluding tert-OH is 1. The normalized spacial score (nSPS) is 24.1. The first kappa shape index (κ1) is 13.3. The van der Waals surface area contributed by atoms with Crippen LogP contribution in [-0.4, -0.2) is 45.8 Å². The number of aliphatic hydroxyl groups is 1. The van der Waals surface area contributed by atoms with Crippen LogP contribution in [0.3, 0.4) is 0 Å². The minimum atomic E-state index is -0.244. The van der Waals surface area contributed by atoms with Crippen LogP contribution in [0.5, 0.6) is 0 Å². The third kappa shape index (κ3) is 3.00. The summed E-state index contributed by atoms with van der Waals surface area (Å²) in [5, 5.41) is 12.9. The maximum Gasteiger partial charge on any atom is 0.231 e. The van der Waals surface area contributed by atoms with Crippen molar-refractivity contribution in [3.63, 3.8) is 0 Å². The number of aromatic nitrogens is 3. The highest BCUT2D eigenvalue weighted by Crippen LogP contribution is 2.22. The van der Waals surface area contributed by atoms with E-state index in [2.05, 4.69) is 20.3 Å². The Bertz CT molecular complexity index is 416. The van der Waals surface area contributed by atoms with Gasteiger partial charge in [0.05, 0.1) is 6.10 Å². The second kappa shape index (κ2) is 5.67. The highest BCUT2D eigenvalue weighted by molar-refractivity contribution is 6.28. The number of halogens is 1. The zero-order valence-electron chi connectivity index (χ0n) is 10.6. The number of hydrogen-bond acceptors (Lipinski definition) is 6. The summed E-state index contributed by atoms with van der Waals surface area (Å²) in [7, 11) is 0. The van der Waals surface area contributed by atoms with Crippen LogP contribution in [0, 0.1) is 5.92 Å². The Kier molecular flexibility index (Phi) is 4.19. The van der Waals surface area contributed by atoms with Crippen LogP contribution in [0.25, 0.3) is 0 Å². The van der Waals surface area contributed by atoms with Gasteiger partial charge in [-0.1, -0.05) is 6.92 Å². The minimum absolute atomic E-state index is 0.190. The average Bonchev–Trinajstić information content (AvgIpc) is 2.32. The van der Waals surface area contributed by atoms with Gasteiger partial charge in [-0.15, -0.1) is 0 Å². The van der Waals surface area contributed by atoms with Crippen molar-refractivity contribution in [1.82, 2.24) is 15.0 Å². The fourth-order valence-electron chi connectivity index (χ4n) is 2.03. The minimum Gasteiger partial charge on any atom is -0.393 e. The van der Waals surface area contributed by atoms with Crippen molar-refractivity contribution in [2.45, 2.75) is 26.4 Å². The van der Waals surface area contributed by atoms with E-state index in [-0.39, 0.29) is 17.3 Å². The third-order valence-electron chi connectivity index (χ3n) is 3.07. The number of hydrogen-bond donors (Lipinski definition) is 2. The predicted octanol–water partition coefficient (Wildman–Crippen LogP) is 1.16. The van der Waals surface area contributed by atoms with E-state index in [1.54, 1.807) is 0 Å². The molecule has 0 aromatic carbocycles. The molecule has 1 aliphatic rings. The van der Waals surface area contributed by atoms with Gasteiger partial charge in [0, 0.05) is 19.6 Å². The Morgan fingerprint density at radius 2 is 2.22 bits per heavy atom. The molecule has 0 aliphatic carbocycles. The van der Waals surface area contributed by atoms with E-state index in [0.29, 0.717) is 11.9 Å². The molecule has 0 amide bonds. The first-order chi connectivity index (χ1) is 8.60. The number of piperidine rings is 1. The van der Waals surface area contributed by atoms with Crippen molar-refractivity contribution >= 4 is 23.5 Å². The molecule has 6 nitrogen and oxygen atoms in total. The van der Waals surface area contributed by atoms with Crippen LogP contribution in [-0.2, 0) is 0 Å². The van der Waals surface area contributed by atoms with Crippen LogP contribution in [0.1, 0.15) is 20.3 Å². The molecule has 1 saturated heterocycles. The number of anilines is 2. The molecule has 100 valence electrons. The molecule has 0 spiro atoms. The van der Waals surface area contributed by atoms with E-state index in [1.165, 1.54) is 0 Å². The Hall–Kier alpha value is -1.14. The third-order valence-corrected chi connectivity index (χ3v) is 3.24. The smallest absolute Gasteiger partial charge is 0.231 e. The zero-order valence-corrected chi connectivity index (χ0v) is 11.4. The van der Waals surface area contributed by atoms with Gasteiger partial charge in [0.15, 0.2) is 0 Å². The second-order valence-electron chi connectivity index (χ2n) is 4.54. The highest BCUT2D eigenvalue weighted by Gasteiger charge is 2.26. The van der Waals surface area contributed by atoms with Crippen LogP contribution < -0.4 is 10.2 Å². The topological polar surface area (TPSA) is 74.2 Å². The summed E-state index contributed by atoms with van der Waals surface area (Å²) in [6, 6.07) is 0. The molecule has 18 heavy (non-hydrogen) atoms. The van der Waals surface area contributed by atoms with E-state index >= 15 is 0 Å². The van der Waals surface area contributed by atoms with Crippen molar-refractivity contribution in [1.29, 1.82) is 0 Å². The summed E-state index contributed by atoms with van der Waals surface area (Å²) >= 11 is 5.89. The average molecular weight is 272 g/mol. The molecule has 2 N–H and O–H groups in total.